The number of nitrogens with two attached hydrogens (primary N) is 1. The summed E-state index contributed by atoms with van der Waals surface area (Å²) in [5.74, 6) is 0. The number of rotatable bonds is 5. The molecule has 1 atom stereocenters. The van der Waals surface area contributed by atoms with Gasteiger partial charge in [0.15, 0.2) is 5.03 Å². The summed E-state index contributed by atoms with van der Waals surface area (Å²) < 4.78 is 27.3. The zero-order valence-corrected chi connectivity index (χ0v) is 12.2. The van der Waals surface area contributed by atoms with Crippen LogP contribution in [0.2, 0.25) is 0 Å². The summed E-state index contributed by atoms with van der Waals surface area (Å²) in [7, 11) is -3.67. The lowest BCUT2D eigenvalue weighted by atomic mass is 10.0. The Kier molecular flexibility index (Phi) is 4.22. The van der Waals surface area contributed by atoms with Crippen LogP contribution in [0.5, 0.6) is 0 Å². The number of H-pyrrole nitrogens is 1. The maximum atomic E-state index is 12.3. The quantitative estimate of drug-likeness (QED) is 0.771. The molecule has 0 bridgehead atoms. The molecular formula is C13H18N4O2S. The Bertz CT molecular complexity index is 694. The average Bonchev–Trinajstić information content (AvgIpc) is 2.87. The van der Waals surface area contributed by atoms with Crippen LogP contribution in [0.3, 0.4) is 0 Å². The first kappa shape index (κ1) is 14.7. The molecule has 1 heterocycles. The van der Waals surface area contributed by atoms with E-state index in [2.05, 4.69) is 14.9 Å². The van der Waals surface area contributed by atoms with Crippen molar-refractivity contribution in [2.75, 3.05) is 0 Å². The summed E-state index contributed by atoms with van der Waals surface area (Å²) in [5.41, 5.74) is 7.94. The molecule has 1 aromatic heterocycles. The first-order valence-corrected chi connectivity index (χ1v) is 7.74. The van der Waals surface area contributed by atoms with Crippen molar-refractivity contribution in [3.8, 4) is 0 Å². The van der Waals surface area contributed by atoms with Crippen LogP contribution in [0.1, 0.15) is 29.7 Å². The van der Waals surface area contributed by atoms with Gasteiger partial charge in [-0.05, 0) is 25.0 Å². The lowest BCUT2D eigenvalue weighted by Crippen LogP contribution is -2.28. The Hall–Kier alpha value is -1.70. The summed E-state index contributed by atoms with van der Waals surface area (Å²) in [6.07, 6.45) is 1.42. The van der Waals surface area contributed by atoms with Gasteiger partial charge in [0.2, 0.25) is 0 Å². The largest absolute Gasteiger partial charge is 0.326 e. The van der Waals surface area contributed by atoms with Gasteiger partial charge < -0.3 is 5.73 Å². The SMILES string of the molecule is Cc1ccccc1C(C)NS(=O)(=O)c1[nH]ncc1CN. The van der Waals surface area contributed by atoms with Gasteiger partial charge >= 0.3 is 0 Å². The number of hydrogen-bond acceptors (Lipinski definition) is 4. The summed E-state index contributed by atoms with van der Waals surface area (Å²) in [5, 5.41) is 6.25. The first-order valence-electron chi connectivity index (χ1n) is 6.26. The van der Waals surface area contributed by atoms with Crippen molar-refractivity contribution in [3.05, 3.63) is 47.2 Å². The second kappa shape index (κ2) is 5.74. The third-order valence-corrected chi connectivity index (χ3v) is 4.71. The van der Waals surface area contributed by atoms with E-state index in [9.17, 15) is 8.42 Å². The third kappa shape index (κ3) is 2.90. The Balaban J connectivity index is 2.27. The van der Waals surface area contributed by atoms with E-state index < -0.39 is 10.0 Å². The molecule has 7 heteroatoms. The summed E-state index contributed by atoms with van der Waals surface area (Å²) in [6, 6.07) is 7.31. The zero-order valence-electron chi connectivity index (χ0n) is 11.4. The van der Waals surface area contributed by atoms with E-state index in [4.69, 9.17) is 5.73 Å². The molecule has 20 heavy (non-hydrogen) atoms. The molecule has 1 unspecified atom stereocenters. The molecule has 0 aliphatic heterocycles. The highest BCUT2D eigenvalue weighted by Crippen LogP contribution is 2.20. The second-order valence-electron chi connectivity index (χ2n) is 4.63. The van der Waals surface area contributed by atoms with Crippen molar-refractivity contribution in [3.63, 3.8) is 0 Å². The number of nitrogens with zero attached hydrogens (tertiary/aromatic N) is 1. The minimum absolute atomic E-state index is 0.0282. The Labute approximate surface area is 118 Å². The highest BCUT2D eigenvalue weighted by Gasteiger charge is 2.23. The third-order valence-electron chi connectivity index (χ3n) is 3.15. The molecule has 0 aliphatic rings. The van der Waals surface area contributed by atoms with Crippen molar-refractivity contribution in [2.24, 2.45) is 5.73 Å². The maximum Gasteiger partial charge on any atom is 0.258 e. The van der Waals surface area contributed by atoms with Gasteiger partial charge in [-0.3, -0.25) is 5.10 Å². The molecule has 0 amide bonds. The molecular weight excluding hydrogens is 276 g/mol. The molecule has 0 spiro atoms. The highest BCUT2D eigenvalue weighted by molar-refractivity contribution is 7.89. The van der Waals surface area contributed by atoms with Crippen molar-refractivity contribution < 1.29 is 8.42 Å². The number of hydrogen-bond donors (Lipinski definition) is 3. The van der Waals surface area contributed by atoms with Crippen molar-refractivity contribution in [1.82, 2.24) is 14.9 Å². The van der Waals surface area contributed by atoms with Crippen LogP contribution in [-0.2, 0) is 16.6 Å². The minimum atomic E-state index is -3.67. The highest BCUT2D eigenvalue weighted by atomic mass is 32.2. The summed E-state index contributed by atoms with van der Waals surface area (Å²) in [6.45, 7) is 3.87. The van der Waals surface area contributed by atoms with E-state index in [1.54, 1.807) is 6.92 Å². The van der Waals surface area contributed by atoms with E-state index in [-0.39, 0.29) is 17.6 Å². The molecule has 0 saturated carbocycles. The molecule has 108 valence electrons. The van der Waals surface area contributed by atoms with Gasteiger partial charge in [0.05, 0.1) is 6.20 Å². The van der Waals surface area contributed by atoms with Crippen molar-refractivity contribution >= 4 is 10.0 Å². The molecule has 1 aromatic carbocycles. The van der Waals surface area contributed by atoms with E-state index >= 15 is 0 Å². The van der Waals surface area contributed by atoms with Gasteiger partial charge in [0, 0.05) is 18.2 Å². The molecule has 0 saturated heterocycles. The molecule has 4 N–H and O–H groups in total. The van der Waals surface area contributed by atoms with Gasteiger partial charge in [0.1, 0.15) is 0 Å². The molecule has 0 aliphatic carbocycles. The van der Waals surface area contributed by atoms with Crippen LogP contribution in [0, 0.1) is 6.92 Å². The maximum absolute atomic E-state index is 12.3. The average molecular weight is 294 g/mol. The predicted molar refractivity (Wildman–Crippen MR) is 76.4 cm³/mol. The van der Waals surface area contributed by atoms with Gasteiger partial charge in [-0.25, -0.2) is 13.1 Å². The van der Waals surface area contributed by atoms with E-state index in [1.807, 2.05) is 31.2 Å². The molecule has 6 nitrogen and oxygen atoms in total. The van der Waals surface area contributed by atoms with Gasteiger partial charge in [-0.15, -0.1) is 0 Å². The number of aromatic nitrogens is 2. The second-order valence-corrected chi connectivity index (χ2v) is 6.28. The van der Waals surface area contributed by atoms with Gasteiger partial charge in [0.25, 0.3) is 10.0 Å². The monoisotopic (exact) mass is 294 g/mol. The topological polar surface area (TPSA) is 101 Å². The van der Waals surface area contributed by atoms with E-state index in [0.29, 0.717) is 5.56 Å². The molecule has 2 rings (SSSR count). The fourth-order valence-corrected chi connectivity index (χ4v) is 3.47. The fourth-order valence-electron chi connectivity index (χ4n) is 2.11. The summed E-state index contributed by atoms with van der Waals surface area (Å²) in [4.78, 5) is 0. The predicted octanol–water partition coefficient (Wildman–Crippen LogP) is 1.22. The van der Waals surface area contributed by atoms with Crippen LogP contribution in [0.4, 0.5) is 0 Å². The van der Waals surface area contributed by atoms with Crippen LogP contribution in [-0.4, -0.2) is 18.6 Å². The molecule has 0 radical (unpaired) electrons. The minimum Gasteiger partial charge on any atom is -0.326 e. The normalized spacial score (nSPS) is 13.3. The number of nitrogens with one attached hydrogen (secondary N) is 2. The van der Waals surface area contributed by atoms with Crippen LogP contribution in [0.25, 0.3) is 0 Å². The first-order chi connectivity index (χ1) is 9.45. The molecule has 0 fully saturated rings. The van der Waals surface area contributed by atoms with E-state index in [0.717, 1.165) is 11.1 Å². The zero-order chi connectivity index (χ0) is 14.8. The molecule has 2 aromatic rings. The van der Waals surface area contributed by atoms with Crippen LogP contribution < -0.4 is 10.5 Å². The Morgan fingerprint density at radius 1 is 1.40 bits per heavy atom. The summed E-state index contributed by atoms with van der Waals surface area (Å²) >= 11 is 0. The number of aromatic amines is 1. The van der Waals surface area contributed by atoms with Crippen LogP contribution in [0.15, 0.2) is 35.5 Å². The number of sulfonamides is 1. The lowest BCUT2D eigenvalue weighted by Gasteiger charge is -2.16. The Morgan fingerprint density at radius 3 is 2.75 bits per heavy atom. The van der Waals surface area contributed by atoms with Gasteiger partial charge in [-0.1, -0.05) is 24.3 Å². The Morgan fingerprint density at radius 2 is 2.10 bits per heavy atom. The van der Waals surface area contributed by atoms with E-state index in [1.165, 1.54) is 6.20 Å². The van der Waals surface area contributed by atoms with Gasteiger partial charge in [-0.2, -0.15) is 5.10 Å². The number of aryl methyl sites for hydroxylation is 1. The van der Waals surface area contributed by atoms with Crippen molar-refractivity contribution in [2.45, 2.75) is 31.5 Å². The smallest absolute Gasteiger partial charge is 0.258 e. The van der Waals surface area contributed by atoms with Crippen molar-refractivity contribution in [1.29, 1.82) is 0 Å². The lowest BCUT2D eigenvalue weighted by molar-refractivity contribution is 0.561. The van der Waals surface area contributed by atoms with Crippen LogP contribution >= 0.6 is 0 Å². The number of benzene rings is 1. The standard InChI is InChI=1S/C13H18N4O2S/c1-9-5-3-4-6-12(9)10(2)17-20(18,19)13-11(7-14)8-15-16-13/h3-6,8,10,17H,7,14H2,1-2H3,(H,15,16). The fraction of sp³-hybridized carbons (Fsp3) is 0.308.